The number of hydroxylamine groups is 2. The summed E-state index contributed by atoms with van der Waals surface area (Å²) in [6.07, 6.45) is 0. The average molecular weight is 344 g/mol. The van der Waals surface area contributed by atoms with Gasteiger partial charge in [0.25, 0.3) is 0 Å². The number of fused-ring (bicyclic) bond motifs is 4. The smallest absolute Gasteiger partial charge is 0.345 e. The number of rotatable bonds is 4. The molecule has 1 saturated heterocycles. The number of carboxylic acids is 1. The number of carboxylic acid groups (broad SMARTS) is 1. The molecule has 0 spiro atoms. The Morgan fingerprint density at radius 3 is 2.83 bits per heavy atom. The normalized spacial score (nSPS) is 25.0. The Balaban J connectivity index is 1.67. The van der Waals surface area contributed by atoms with E-state index in [2.05, 4.69) is 0 Å². The van der Waals surface area contributed by atoms with Crippen LogP contribution in [-0.4, -0.2) is 33.6 Å². The number of urea groups is 1. The van der Waals surface area contributed by atoms with Gasteiger partial charge >= 0.3 is 12.0 Å². The Hall–Kier alpha value is -2.38. The predicted molar refractivity (Wildman–Crippen MR) is 87.2 cm³/mol. The maximum atomic E-state index is 12.8. The zero-order valence-electron chi connectivity index (χ0n) is 13.0. The van der Waals surface area contributed by atoms with Gasteiger partial charge in [-0.25, -0.2) is 9.59 Å². The molecule has 1 aromatic carbocycles. The van der Waals surface area contributed by atoms with Crippen LogP contribution in [0.1, 0.15) is 29.0 Å². The lowest BCUT2D eigenvalue weighted by Gasteiger charge is -2.36. The van der Waals surface area contributed by atoms with E-state index in [1.807, 2.05) is 41.8 Å². The second-order valence-corrected chi connectivity index (χ2v) is 6.99. The van der Waals surface area contributed by atoms with Crippen LogP contribution in [-0.2, 0) is 21.8 Å². The third-order valence-corrected chi connectivity index (χ3v) is 5.87. The highest BCUT2D eigenvalue weighted by atomic mass is 32.1. The summed E-state index contributed by atoms with van der Waals surface area (Å²) in [6, 6.07) is 10.8. The molecule has 2 amide bonds. The molecule has 124 valence electrons. The first-order valence-electron chi connectivity index (χ1n) is 7.62. The highest BCUT2D eigenvalue weighted by molar-refractivity contribution is 7.10. The molecule has 2 aromatic rings. The summed E-state index contributed by atoms with van der Waals surface area (Å²) in [7, 11) is 0. The maximum absolute atomic E-state index is 12.8. The molecular weight excluding hydrogens is 328 g/mol. The third-order valence-electron chi connectivity index (χ3n) is 4.72. The highest BCUT2D eigenvalue weighted by Gasteiger charge is 2.58. The van der Waals surface area contributed by atoms with Crippen molar-refractivity contribution < 1.29 is 19.5 Å². The molecule has 2 atom stereocenters. The Bertz CT molecular complexity index is 806. The summed E-state index contributed by atoms with van der Waals surface area (Å²) in [6.45, 7) is 2.17. The van der Waals surface area contributed by atoms with E-state index in [0.717, 1.165) is 11.1 Å². The molecule has 1 N–H and O–H groups in total. The molecular formula is C17H16N2O4S. The van der Waals surface area contributed by atoms with Crippen molar-refractivity contribution in [3.05, 3.63) is 57.8 Å². The first-order valence-corrected chi connectivity index (χ1v) is 8.50. The molecule has 3 heterocycles. The van der Waals surface area contributed by atoms with Gasteiger partial charge in [0, 0.05) is 4.88 Å². The maximum Gasteiger partial charge on any atom is 0.345 e. The Morgan fingerprint density at radius 2 is 2.12 bits per heavy atom. The molecule has 1 aromatic heterocycles. The molecule has 2 unspecified atom stereocenters. The topological polar surface area (TPSA) is 70.1 Å². The zero-order valence-corrected chi connectivity index (χ0v) is 13.8. The van der Waals surface area contributed by atoms with Gasteiger partial charge in [0.1, 0.15) is 12.6 Å². The minimum absolute atomic E-state index is 0.264. The molecule has 4 rings (SSSR count). The lowest BCUT2D eigenvalue weighted by molar-refractivity contribution is -0.149. The van der Waals surface area contributed by atoms with Crippen LogP contribution in [0.4, 0.5) is 4.79 Å². The van der Waals surface area contributed by atoms with Crippen LogP contribution >= 0.6 is 11.3 Å². The van der Waals surface area contributed by atoms with Crippen molar-refractivity contribution in [3.8, 4) is 0 Å². The van der Waals surface area contributed by atoms with Crippen molar-refractivity contribution in [1.82, 2.24) is 9.96 Å². The van der Waals surface area contributed by atoms with Gasteiger partial charge in [-0.3, -0.25) is 9.74 Å². The molecule has 2 bridgehead atoms. The quantitative estimate of drug-likeness (QED) is 0.926. The zero-order chi connectivity index (χ0) is 16.9. The van der Waals surface area contributed by atoms with Crippen LogP contribution in [0.5, 0.6) is 0 Å². The number of amides is 2. The number of hydrogen-bond acceptors (Lipinski definition) is 4. The lowest BCUT2D eigenvalue weighted by Crippen LogP contribution is -2.52. The number of aliphatic carboxylic acids is 1. The highest BCUT2D eigenvalue weighted by Crippen LogP contribution is 2.49. The molecule has 0 aliphatic carbocycles. The van der Waals surface area contributed by atoms with E-state index in [-0.39, 0.29) is 12.6 Å². The molecule has 0 radical (unpaired) electrons. The van der Waals surface area contributed by atoms with E-state index in [1.54, 1.807) is 6.92 Å². The van der Waals surface area contributed by atoms with Crippen molar-refractivity contribution in [2.45, 2.75) is 25.1 Å². The average Bonchev–Trinajstić information content (AvgIpc) is 3.17. The minimum atomic E-state index is -1.35. The van der Waals surface area contributed by atoms with Crippen molar-refractivity contribution in [2.24, 2.45) is 0 Å². The van der Waals surface area contributed by atoms with E-state index in [9.17, 15) is 14.7 Å². The largest absolute Gasteiger partial charge is 0.479 e. The van der Waals surface area contributed by atoms with Gasteiger partial charge < -0.3 is 5.11 Å². The Morgan fingerprint density at radius 1 is 1.38 bits per heavy atom. The van der Waals surface area contributed by atoms with Gasteiger partial charge in [-0.1, -0.05) is 30.3 Å². The van der Waals surface area contributed by atoms with Gasteiger partial charge in [0.05, 0.1) is 6.54 Å². The van der Waals surface area contributed by atoms with Gasteiger partial charge in [-0.05, 0) is 29.5 Å². The third kappa shape index (κ3) is 1.98. The predicted octanol–water partition coefficient (Wildman–Crippen LogP) is 2.97. The van der Waals surface area contributed by atoms with E-state index < -0.39 is 17.5 Å². The number of nitrogens with zero attached hydrogens (tertiary/aromatic N) is 2. The molecule has 0 saturated carbocycles. The van der Waals surface area contributed by atoms with Crippen molar-refractivity contribution >= 4 is 23.3 Å². The summed E-state index contributed by atoms with van der Waals surface area (Å²) < 4.78 is 0. The Kier molecular flexibility index (Phi) is 3.36. The molecule has 2 aliphatic rings. The van der Waals surface area contributed by atoms with Crippen LogP contribution in [0.15, 0.2) is 41.8 Å². The SMILES string of the molecule is CC1(C(=O)O)c2sccc2C2CN1C(=O)N2OCc1ccccc1. The molecule has 1 fully saturated rings. The summed E-state index contributed by atoms with van der Waals surface area (Å²) >= 11 is 1.37. The van der Waals surface area contributed by atoms with Crippen LogP contribution in [0.25, 0.3) is 0 Å². The van der Waals surface area contributed by atoms with E-state index in [0.29, 0.717) is 11.4 Å². The van der Waals surface area contributed by atoms with E-state index in [4.69, 9.17) is 4.84 Å². The number of carbonyl (C=O) groups excluding carboxylic acids is 1. The van der Waals surface area contributed by atoms with Crippen molar-refractivity contribution in [3.63, 3.8) is 0 Å². The summed E-state index contributed by atoms with van der Waals surface area (Å²) in [5, 5.41) is 12.9. The molecule has 6 nitrogen and oxygen atoms in total. The number of carbonyl (C=O) groups is 2. The van der Waals surface area contributed by atoms with Gasteiger partial charge in [0.15, 0.2) is 5.54 Å². The fourth-order valence-electron chi connectivity index (χ4n) is 3.35. The minimum Gasteiger partial charge on any atom is -0.479 e. The van der Waals surface area contributed by atoms with Crippen LogP contribution < -0.4 is 0 Å². The fourth-order valence-corrected chi connectivity index (χ4v) is 4.47. The van der Waals surface area contributed by atoms with Crippen LogP contribution in [0.2, 0.25) is 0 Å². The number of benzene rings is 1. The standard InChI is InChI=1S/C17H16N2O4S/c1-17(15(20)21)14-12(7-8-24-14)13-9-18(17)16(22)19(13)23-10-11-5-3-2-4-6-11/h2-8,13H,9-10H2,1H3,(H,20,21). The summed E-state index contributed by atoms with van der Waals surface area (Å²) in [5.41, 5.74) is 0.468. The lowest BCUT2D eigenvalue weighted by atomic mass is 9.89. The summed E-state index contributed by atoms with van der Waals surface area (Å²) in [5.74, 6) is -1.03. The second kappa shape index (κ2) is 5.32. The van der Waals surface area contributed by atoms with Gasteiger partial charge in [0.2, 0.25) is 0 Å². The van der Waals surface area contributed by atoms with E-state index >= 15 is 0 Å². The Labute approximate surface area is 142 Å². The fraction of sp³-hybridized carbons (Fsp3) is 0.294. The molecule has 2 aliphatic heterocycles. The number of thiophene rings is 1. The molecule has 7 heteroatoms. The second-order valence-electron chi connectivity index (χ2n) is 6.08. The monoisotopic (exact) mass is 344 g/mol. The van der Waals surface area contributed by atoms with Crippen LogP contribution in [0, 0.1) is 0 Å². The van der Waals surface area contributed by atoms with Gasteiger partial charge in [-0.2, -0.15) is 5.06 Å². The molecule has 24 heavy (non-hydrogen) atoms. The number of hydrogen-bond donors (Lipinski definition) is 1. The first-order chi connectivity index (χ1) is 11.5. The summed E-state index contributed by atoms with van der Waals surface area (Å²) in [4.78, 5) is 32.5. The van der Waals surface area contributed by atoms with Crippen molar-refractivity contribution in [1.29, 1.82) is 0 Å². The van der Waals surface area contributed by atoms with E-state index in [1.165, 1.54) is 21.3 Å². The van der Waals surface area contributed by atoms with Gasteiger partial charge in [-0.15, -0.1) is 11.3 Å². The first kappa shape index (κ1) is 15.2. The van der Waals surface area contributed by atoms with Crippen LogP contribution in [0.3, 0.4) is 0 Å². The van der Waals surface area contributed by atoms with Crippen molar-refractivity contribution in [2.75, 3.05) is 6.54 Å².